The van der Waals surface area contributed by atoms with Crippen molar-refractivity contribution in [3.63, 3.8) is 0 Å². The van der Waals surface area contributed by atoms with Gasteiger partial charge in [-0.3, -0.25) is 9.59 Å². The third-order valence-corrected chi connectivity index (χ3v) is 7.15. The van der Waals surface area contributed by atoms with Crippen molar-refractivity contribution >= 4 is 55.3 Å². The number of benzene rings is 4. The van der Waals surface area contributed by atoms with E-state index in [1.807, 2.05) is 39.8 Å². The molecular formula is C28H24N2O6. The lowest BCUT2D eigenvalue weighted by atomic mass is 9.91. The van der Waals surface area contributed by atoms with Crippen molar-refractivity contribution in [1.29, 1.82) is 0 Å². The van der Waals surface area contributed by atoms with Crippen LogP contribution in [0.5, 0.6) is 11.5 Å². The minimum atomic E-state index is -0.680. The molecule has 0 saturated heterocycles. The molecule has 36 heavy (non-hydrogen) atoms. The number of phenolic OH excluding ortho intramolecular Hbond substituents is 2. The molecular weight excluding hydrogens is 460 g/mol. The number of hydrogen-bond acceptors (Lipinski definition) is 8. The number of furan rings is 2. The second-order valence-corrected chi connectivity index (χ2v) is 9.90. The molecule has 6 aromatic rings. The van der Waals surface area contributed by atoms with Gasteiger partial charge in [0.25, 0.3) is 0 Å². The maximum Gasteiger partial charge on any atom is 0.239 e. The predicted molar refractivity (Wildman–Crippen MR) is 140 cm³/mol. The van der Waals surface area contributed by atoms with Gasteiger partial charge in [-0.25, -0.2) is 0 Å². The SMILES string of the molecule is CC(C)c1c(O)c(O)c2c(N)oc3/c(=c4\ccc5c(C(C)C)c(=O)c(=O)c6c(N)oc4c56)ccc1c23. The van der Waals surface area contributed by atoms with E-state index in [0.717, 1.165) is 0 Å². The largest absolute Gasteiger partial charge is 0.504 e. The quantitative estimate of drug-likeness (QED) is 0.193. The Hall–Kier alpha value is -4.46. The smallest absolute Gasteiger partial charge is 0.239 e. The number of hydrogen-bond donors (Lipinski definition) is 4. The minimum absolute atomic E-state index is 0.0320. The zero-order valence-corrected chi connectivity index (χ0v) is 20.1. The van der Waals surface area contributed by atoms with Crippen molar-refractivity contribution in [3.05, 3.63) is 66.3 Å². The molecule has 0 atom stereocenters. The highest BCUT2D eigenvalue weighted by molar-refractivity contribution is 6.18. The highest BCUT2D eigenvalue weighted by Gasteiger charge is 2.26. The van der Waals surface area contributed by atoms with E-state index < -0.39 is 10.9 Å². The molecule has 0 aliphatic heterocycles. The molecule has 0 spiro atoms. The van der Waals surface area contributed by atoms with Crippen LogP contribution in [0.3, 0.4) is 0 Å². The van der Waals surface area contributed by atoms with Crippen LogP contribution in [0.1, 0.15) is 50.7 Å². The van der Waals surface area contributed by atoms with E-state index in [4.69, 9.17) is 20.3 Å². The Bertz CT molecular complexity index is 2090. The molecule has 0 aliphatic rings. The van der Waals surface area contributed by atoms with E-state index in [2.05, 4.69) is 0 Å². The lowest BCUT2D eigenvalue weighted by Crippen LogP contribution is -2.28. The molecule has 6 rings (SSSR count). The Morgan fingerprint density at radius 3 is 1.64 bits per heavy atom. The molecule has 0 amide bonds. The van der Waals surface area contributed by atoms with Crippen molar-refractivity contribution in [3.8, 4) is 11.5 Å². The second-order valence-electron chi connectivity index (χ2n) is 9.90. The Labute approximate surface area is 203 Å². The summed E-state index contributed by atoms with van der Waals surface area (Å²) < 4.78 is 11.9. The molecule has 0 saturated carbocycles. The summed E-state index contributed by atoms with van der Waals surface area (Å²) >= 11 is 0. The average molecular weight is 485 g/mol. The van der Waals surface area contributed by atoms with Crippen molar-refractivity contribution < 1.29 is 19.0 Å². The first-order chi connectivity index (χ1) is 17.0. The van der Waals surface area contributed by atoms with Gasteiger partial charge in [-0.2, -0.15) is 0 Å². The predicted octanol–water partition coefficient (Wildman–Crippen LogP) is 5.19. The van der Waals surface area contributed by atoms with Crippen LogP contribution in [0.15, 0.2) is 42.7 Å². The summed E-state index contributed by atoms with van der Waals surface area (Å²) in [6.07, 6.45) is 0. The zero-order chi connectivity index (χ0) is 25.8. The third kappa shape index (κ3) is 2.53. The first-order valence-electron chi connectivity index (χ1n) is 11.7. The fourth-order valence-electron chi connectivity index (χ4n) is 5.67. The van der Waals surface area contributed by atoms with Crippen LogP contribution in [-0.4, -0.2) is 10.2 Å². The van der Waals surface area contributed by atoms with Gasteiger partial charge in [0.2, 0.25) is 22.6 Å². The summed E-state index contributed by atoms with van der Waals surface area (Å²) in [6, 6.07) is 7.26. The van der Waals surface area contributed by atoms with E-state index in [1.54, 1.807) is 12.1 Å². The van der Waals surface area contributed by atoms with Crippen LogP contribution in [0.2, 0.25) is 0 Å². The highest BCUT2D eigenvalue weighted by atomic mass is 16.4. The molecule has 2 heterocycles. The molecule has 0 radical (unpaired) electrons. The van der Waals surface area contributed by atoms with Gasteiger partial charge in [-0.1, -0.05) is 39.8 Å². The number of nitrogen functional groups attached to an aromatic ring is 2. The van der Waals surface area contributed by atoms with E-state index in [1.165, 1.54) is 0 Å². The summed E-state index contributed by atoms with van der Waals surface area (Å²) in [6.45, 7) is 7.56. The molecule has 0 aliphatic carbocycles. The first-order valence-corrected chi connectivity index (χ1v) is 11.7. The maximum absolute atomic E-state index is 13.0. The van der Waals surface area contributed by atoms with Crippen LogP contribution in [-0.2, 0) is 0 Å². The Kier molecular flexibility index (Phi) is 4.31. The third-order valence-electron chi connectivity index (χ3n) is 7.15. The van der Waals surface area contributed by atoms with Crippen molar-refractivity contribution in [2.45, 2.75) is 39.5 Å². The molecule has 182 valence electrons. The fraction of sp³-hybridized carbons (Fsp3) is 0.214. The minimum Gasteiger partial charge on any atom is -0.504 e. The van der Waals surface area contributed by atoms with Crippen LogP contribution >= 0.6 is 0 Å². The van der Waals surface area contributed by atoms with E-state index in [-0.39, 0.29) is 45.9 Å². The Morgan fingerprint density at radius 1 is 0.639 bits per heavy atom. The average Bonchev–Trinajstić information content (AvgIpc) is 3.34. The number of phenols is 2. The van der Waals surface area contributed by atoms with Crippen LogP contribution in [0.4, 0.5) is 11.8 Å². The van der Waals surface area contributed by atoms with Gasteiger partial charge in [-0.15, -0.1) is 0 Å². The van der Waals surface area contributed by atoms with E-state index in [9.17, 15) is 19.8 Å². The Balaban J connectivity index is 1.92. The van der Waals surface area contributed by atoms with Gasteiger partial charge >= 0.3 is 0 Å². The number of nitrogens with two attached hydrogens (primary N) is 2. The molecule has 0 unspecified atom stereocenters. The second kappa shape index (κ2) is 7.04. The lowest BCUT2D eigenvalue weighted by molar-refractivity contribution is 0.402. The fourth-order valence-corrected chi connectivity index (χ4v) is 5.67. The van der Waals surface area contributed by atoms with Crippen LogP contribution in [0, 0.1) is 10.4 Å². The normalized spacial score (nSPS) is 13.5. The van der Waals surface area contributed by atoms with Gasteiger partial charge in [0, 0.05) is 32.3 Å². The van der Waals surface area contributed by atoms with Gasteiger partial charge in [0.05, 0.1) is 10.8 Å². The van der Waals surface area contributed by atoms with Crippen LogP contribution in [0.25, 0.3) is 43.5 Å². The van der Waals surface area contributed by atoms with E-state index >= 15 is 0 Å². The molecule has 6 N–H and O–H groups in total. The topological polar surface area (TPSA) is 153 Å². The summed E-state index contributed by atoms with van der Waals surface area (Å²) in [4.78, 5) is 25.8. The van der Waals surface area contributed by atoms with E-state index in [0.29, 0.717) is 54.3 Å². The number of anilines is 2. The van der Waals surface area contributed by atoms with Gasteiger partial charge in [0.1, 0.15) is 11.2 Å². The van der Waals surface area contributed by atoms with Gasteiger partial charge in [-0.05, 0) is 34.7 Å². The van der Waals surface area contributed by atoms with Crippen LogP contribution < -0.4 is 22.3 Å². The summed E-state index contributed by atoms with van der Waals surface area (Å²) in [5, 5.41) is 25.4. The standard InChI is InChI=1S/C28H24N2O6/c1-9(2)15-13-7-5-11(25-17(13)19(27(29)35-25)23(33)21(15)31)12-6-8-14-16(10(3)4)22(32)24(34)20-18(14)26(12)36-28(20)30/h5-10,31,33H,29-30H2,1-4H3/b12-11+. The molecule has 0 fully saturated rings. The number of rotatable bonds is 2. The molecule has 0 bridgehead atoms. The Morgan fingerprint density at radius 2 is 1.11 bits per heavy atom. The monoisotopic (exact) mass is 484 g/mol. The van der Waals surface area contributed by atoms with Crippen molar-refractivity contribution in [2.75, 3.05) is 11.5 Å². The first kappa shape index (κ1) is 22.0. The molecule has 4 aromatic carbocycles. The maximum atomic E-state index is 13.0. The van der Waals surface area contributed by atoms with Crippen molar-refractivity contribution in [1.82, 2.24) is 0 Å². The van der Waals surface area contributed by atoms with Gasteiger partial charge in [0.15, 0.2) is 11.5 Å². The van der Waals surface area contributed by atoms with Crippen molar-refractivity contribution in [2.24, 2.45) is 0 Å². The molecule has 2 aromatic heterocycles. The zero-order valence-electron chi connectivity index (χ0n) is 20.1. The van der Waals surface area contributed by atoms with Gasteiger partial charge < -0.3 is 30.5 Å². The molecule has 8 heteroatoms. The summed E-state index contributed by atoms with van der Waals surface area (Å²) in [5.74, 6) is -0.972. The number of aromatic hydroxyl groups is 2. The lowest BCUT2D eigenvalue weighted by Gasteiger charge is -2.14. The summed E-state index contributed by atoms with van der Waals surface area (Å²) in [5.41, 5.74) is 12.8. The highest BCUT2D eigenvalue weighted by Crippen LogP contribution is 2.49. The molecule has 8 nitrogen and oxygen atoms in total. The summed E-state index contributed by atoms with van der Waals surface area (Å²) in [7, 11) is 0.